The molecule has 2 heterocycles. The normalized spacial score (nSPS) is 19.4. The van der Waals surface area contributed by atoms with Crippen molar-refractivity contribution in [2.45, 2.75) is 52.4 Å². The minimum Gasteiger partial charge on any atom is -0.389 e. The van der Waals surface area contributed by atoms with Crippen LogP contribution in [0.2, 0.25) is 0 Å². The Bertz CT molecular complexity index is 587. The second kappa shape index (κ2) is 4.84. The number of aryl methyl sites for hydroxylation is 1. The highest BCUT2D eigenvalue weighted by atomic mass is 32.1. The van der Waals surface area contributed by atoms with E-state index in [2.05, 4.69) is 28.4 Å². The van der Waals surface area contributed by atoms with Gasteiger partial charge in [-0.3, -0.25) is 0 Å². The highest BCUT2D eigenvalue weighted by Crippen LogP contribution is 2.42. The fraction of sp³-hybridized carbons (Fsp3) is 0.643. The number of rotatable bonds is 2. The van der Waals surface area contributed by atoms with Crippen LogP contribution in [0.15, 0.2) is 4.52 Å². The predicted octanol–water partition coefficient (Wildman–Crippen LogP) is 3.77. The Morgan fingerprint density at radius 3 is 2.60 bits per heavy atom. The molecule has 2 aromatic rings. The second-order valence-electron chi connectivity index (χ2n) is 6.40. The van der Waals surface area contributed by atoms with Crippen molar-refractivity contribution < 1.29 is 4.52 Å². The summed E-state index contributed by atoms with van der Waals surface area (Å²) in [4.78, 5) is 4.55. The molecule has 6 heteroatoms. The molecule has 0 bridgehead atoms. The molecule has 0 saturated heterocycles. The van der Waals surface area contributed by atoms with Crippen molar-refractivity contribution in [3.8, 4) is 11.5 Å². The Hall–Kier alpha value is -1.43. The topological polar surface area (TPSA) is 77.8 Å². The van der Waals surface area contributed by atoms with Gasteiger partial charge in [-0.25, -0.2) is 0 Å². The first-order valence-electron chi connectivity index (χ1n) is 7.02. The number of nitrogen functional groups attached to an aromatic ring is 1. The monoisotopic (exact) mass is 292 g/mol. The van der Waals surface area contributed by atoms with E-state index in [1.165, 1.54) is 24.4 Å². The molecule has 0 aromatic carbocycles. The minimum absolute atomic E-state index is 0.411. The molecule has 0 spiro atoms. The minimum atomic E-state index is 0.411. The molecule has 1 aliphatic rings. The predicted molar refractivity (Wildman–Crippen MR) is 79.5 cm³/mol. The highest BCUT2D eigenvalue weighted by Gasteiger charge is 2.30. The van der Waals surface area contributed by atoms with Crippen molar-refractivity contribution in [3.63, 3.8) is 0 Å². The summed E-state index contributed by atoms with van der Waals surface area (Å²) >= 11 is 1.27. The Morgan fingerprint density at radius 2 is 2.00 bits per heavy atom. The van der Waals surface area contributed by atoms with Crippen LogP contribution in [0.1, 0.15) is 57.0 Å². The molecule has 108 valence electrons. The molecular weight excluding hydrogens is 272 g/mol. The van der Waals surface area contributed by atoms with Crippen molar-refractivity contribution in [1.29, 1.82) is 0 Å². The van der Waals surface area contributed by atoms with Gasteiger partial charge in [-0.1, -0.05) is 19.0 Å². The molecule has 2 N–H and O–H groups in total. The number of nitrogens with two attached hydrogens (primary N) is 1. The molecule has 1 fully saturated rings. The maximum atomic E-state index is 5.92. The summed E-state index contributed by atoms with van der Waals surface area (Å²) in [5, 5.41) is 4.80. The summed E-state index contributed by atoms with van der Waals surface area (Å²) in [6.07, 6.45) is 4.68. The van der Waals surface area contributed by atoms with Crippen LogP contribution >= 0.6 is 11.5 Å². The van der Waals surface area contributed by atoms with Gasteiger partial charge in [0.25, 0.3) is 5.89 Å². The van der Waals surface area contributed by atoms with Gasteiger partial charge in [-0.05, 0) is 49.6 Å². The van der Waals surface area contributed by atoms with E-state index < -0.39 is 0 Å². The summed E-state index contributed by atoms with van der Waals surface area (Å²) < 4.78 is 9.62. The average Bonchev–Trinajstić information content (AvgIpc) is 2.97. The van der Waals surface area contributed by atoms with Gasteiger partial charge in [0.05, 0.1) is 11.3 Å². The molecule has 2 aromatic heterocycles. The van der Waals surface area contributed by atoms with E-state index in [9.17, 15) is 0 Å². The maximum absolute atomic E-state index is 5.92. The van der Waals surface area contributed by atoms with Gasteiger partial charge in [0.15, 0.2) is 5.82 Å². The molecule has 5 nitrogen and oxygen atoms in total. The summed E-state index contributed by atoms with van der Waals surface area (Å²) in [5.74, 6) is 1.74. The van der Waals surface area contributed by atoms with Gasteiger partial charge in [0, 0.05) is 5.92 Å². The van der Waals surface area contributed by atoms with Crippen LogP contribution in [0.5, 0.6) is 0 Å². The largest absolute Gasteiger partial charge is 0.389 e. The molecule has 0 atom stereocenters. The van der Waals surface area contributed by atoms with E-state index in [-0.39, 0.29) is 0 Å². The Morgan fingerprint density at radius 1 is 1.30 bits per heavy atom. The first-order chi connectivity index (χ1) is 9.46. The van der Waals surface area contributed by atoms with E-state index in [4.69, 9.17) is 10.3 Å². The zero-order chi connectivity index (χ0) is 14.3. The summed E-state index contributed by atoms with van der Waals surface area (Å²) in [6.45, 7) is 6.56. The fourth-order valence-corrected chi connectivity index (χ4v) is 3.46. The lowest BCUT2D eigenvalue weighted by Crippen LogP contribution is -2.20. The SMILES string of the molecule is Cc1nsc(N)c1-c1nc(C2CCC(C)(C)CC2)no1. The standard InChI is InChI=1S/C14H20N4OS/c1-8-10(11(15)20-18-8)13-16-12(17-19-13)9-4-6-14(2,3)7-5-9/h9H,4-7,15H2,1-3H3. The second-order valence-corrected chi connectivity index (χ2v) is 7.21. The summed E-state index contributed by atoms with van der Waals surface area (Å²) in [5.41, 5.74) is 8.02. The molecule has 1 saturated carbocycles. The smallest absolute Gasteiger partial charge is 0.262 e. The molecule has 0 radical (unpaired) electrons. The van der Waals surface area contributed by atoms with Crippen molar-refractivity contribution in [3.05, 3.63) is 11.5 Å². The lowest BCUT2D eigenvalue weighted by Gasteiger charge is -2.32. The van der Waals surface area contributed by atoms with Crippen molar-refractivity contribution in [1.82, 2.24) is 14.5 Å². The third-order valence-electron chi connectivity index (χ3n) is 4.25. The van der Waals surface area contributed by atoms with Gasteiger partial charge < -0.3 is 10.3 Å². The molecule has 0 aliphatic heterocycles. The van der Waals surface area contributed by atoms with Gasteiger partial charge in [0.2, 0.25) is 0 Å². The maximum Gasteiger partial charge on any atom is 0.262 e. The van der Waals surface area contributed by atoms with Gasteiger partial charge >= 0.3 is 0 Å². The van der Waals surface area contributed by atoms with Gasteiger partial charge in [-0.15, -0.1) is 0 Å². The fourth-order valence-electron chi connectivity index (χ4n) is 2.81. The van der Waals surface area contributed by atoms with E-state index in [0.29, 0.717) is 22.2 Å². The van der Waals surface area contributed by atoms with Crippen molar-refractivity contribution in [2.75, 3.05) is 5.73 Å². The summed E-state index contributed by atoms with van der Waals surface area (Å²) in [6, 6.07) is 0. The number of nitrogens with zero attached hydrogens (tertiary/aromatic N) is 3. The first-order valence-corrected chi connectivity index (χ1v) is 7.79. The van der Waals surface area contributed by atoms with Crippen LogP contribution in [0.3, 0.4) is 0 Å². The van der Waals surface area contributed by atoms with Gasteiger partial charge in [-0.2, -0.15) is 9.36 Å². The van der Waals surface area contributed by atoms with Crippen molar-refractivity contribution >= 4 is 16.5 Å². The molecule has 20 heavy (non-hydrogen) atoms. The molecule has 0 unspecified atom stereocenters. The van der Waals surface area contributed by atoms with Crippen LogP contribution in [0.4, 0.5) is 5.00 Å². The van der Waals surface area contributed by atoms with E-state index in [0.717, 1.165) is 29.9 Å². The third-order valence-corrected chi connectivity index (χ3v) is 5.01. The van der Waals surface area contributed by atoms with Crippen LogP contribution in [0, 0.1) is 12.3 Å². The zero-order valence-electron chi connectivity index (χ0n) is 12.1. The first kappa shape index (κ1) is 13.5. The molecule has 1 aliphatic carbocycles. The molecule has 3 rings (SSSR count). The summed E-state index contributed by atoms with van der Waals surface area (Å²) in [7, 11) is 0. The highest BCUT2D eigenvalue weighted by molar-refractivity contribution is 7.10. The van der Waals surface area contributed by atoms with E-state index in [1.54, 1.807) is 0 Å². The van der Waals surface area contributed by atoms with Gasteiger partial charge in [0.1, 0.15) is 5.00 Å². The molecular formula is C14H20N4OS. The van der Waals surface area contributed by atoms with Crippen LogP contribution in [-0.4, -0.2) is 14.5 Å². The Labute approximate surface area is 122 Å². The van der Waals surface area contributed by atoms with Crippen LogP contribution in [-0.2, 0) is 0 Å². The average molecular weight is 292 g/mol. The van der Waals surface area contributed by atoms with E-state index >= 15 is 0 Å². The quantitative estimate of drug-likeness (QED) is 0.911. The molecule has 0 amide bonds. The number of aromatic nitrogens is 3. The number of hydrogen-bond donors (Lipinski definition) is 1. The third kappa shape index (κ3) is 2.44. The lowest BCUT2D eigenvalue weighted by molar-refractivity contribution is 0.218. The Balaban J connectivity index is 1.81. The van der Waals surface area contributed by atoms with Crippen molar-refractivity contribution in [2.24, 2.45) is 5.41 Å². The lowest BCUT2D eigenvalue weighted by atomic mass is 9.73. The zero-order valence-corrected chi connectivity index (χ0v) is 13.0. The van der Waals surface area contributed by atoms with Crippen LogP contribution < -0.4 is 5.73 Å². The Kier molecular flexibility index (Phi) is 3.28. The van der Waals surface area contributed by atoms with Crippen LogP contribution in [0.25, 0.3) is 11.5 Å². The number of anilines is 1. The van der Waals surface area contributed by atoms with E-state index in [1.807, 2.05) is 6.92 Å². The number of hydrogen-bond acceptors (Lipinski definition) is 6.